The Morgan fingerprint density at radius 1 is 1.00 bits per heavy atom. The largest absolute Gasteiger partial charge is 0.469 e. The second-order valence-corrected chi connectivity index (χ2v) is 6.30. The average Bonchev–Trinajstić information content (AvgIpc) is 2.64. The monoisotopic (exact) mass is 368 g/mol. The number of nitrogens with zero attached hydrogens (tertiary/aromatic N) is 2. The lowest BCUT2D eigenvalue weighted by molar-refractivity contribution is -0.140. The number of carbonyl (C=O) groups is 2. The first-order valence-electron chi connectivity index (χ1n) is 8.85. The molecule has 0 heterocycles. The van der Waals surface area contributed by atoms with Crippen molar-refractivity contribution in [2.45, 2.75) is 33.1 Å². The molecule has 140 valence electrons. The van der Waals surface area contributed by atoms with Crippen LogP contribution in [-0.2, 0) is 9.53 Å². The number of carbonyl (C=O) groups excluding carboxylic acids is 2. The van der Waals surface area contributed by atoms with Crippen LogP contribution in [0.15, 0.2) is 24.3 Å². The molecule has 25 heavy (non-hydrogen) atoms. The Hall–Kier alpha value is -1.59. The van der Waals surface area contributed by atoms with Gasteiger partial charge in [-0.2, -0.15) is 0 Å². The van der Waals surface area contributed by atoms with E-state index in [9.17, 15) is 9.59 Å². The topological polar surface area (TPSA) is 49.9 Å². The van der Waals surface area contributed by atoms with Crippen molar-refractivity contribution < 1.29 is 14.3 Å². The molecule has 0 N–H and O–H groups in total. The number of halogens is 1. The van der Waals surface area contributed by atoms with Crippen LogP contribution in [0.1, 0.15) is 43.5 Å². The van der Waals surface area contributed by atoms with Gasteiger partial charge >= 0.3 is 5.97 Å². The van der Waals surface area contributed by atoms with Crippen molar-refractivity contribution in [1.82, 2.24) is 9.80 Å². The van der Waals surface area contributed by atoms with E-state index in [1.807, 2.05) is 0 Å². The lowest BCUT2D eigenvalue weighted by atomic mass is 10.1. The normalized spacial score (nSPS) is 10.8. The van der Waals surface area contributed by atoms with Crippen LogP contribution in [0.3, 0.4) is 0 Å². The van der Waals surface area contributed by atoms with E-state index >= 15 is 0 Å². The zero-order valence-corrected chi connectivity index (χ0v) is 16.2. The van der Waals surface area contributed by atoms with Gasteiger partial charge in [-0.25, -0.2) is 0 Å². The first-order valence-corrected chi connectivity index (χ1v) is 9.23. The van der Waals surface area contributed by atoms with E-state index in [2.05, 4.69) is 23.5 Å². The van der Waals surface area contributed by atoms with Gasteiger partial charge in [0.1, 0.15) is 0 Å². The highest BCUT2D eigenvalue weighted by Gasteiger charge is 2.17. The van der Waals surface area contributed by atoms with Crippen LogP contribution in [0.4, 0.5) is 0 Å². The van der Waals surface area contributed by atoms with Crippen molar-refractivity contribution >= 4 is 23.5 Å². The Kier molecular flexibility index (Phi) is 10.2. The Balaban J connectivity index is 2.63. The van der Waals surface area contributed by atoms with Gasteiger partial charge < -0.3 is 14.5 Å². The summed E-state index contributed by atoms with van der Waals surface area (Å²) in [6.07, 6.45) is 2.12. The fraction of sp³-hybridized carbons (Fsp3) is 0.579. The molecule has 0 aromatic heterocycles. The number of hydrogen-bond acceptors (Lipinski definition) is 4. The van der Waals surface area contributed by atoms with E-state index < -0.39 is 0 Å². The van der Waals surface area contributed by atoms with Gasteiger partial charge in [-0.3, -0.25) is 9.59 Å². The fourth-order valence-electron chi connectivity index (χ4n) is 2.60. The van der Waals surface area contributed by atoms with Crippen LogP contribution in [-0.4, -0.2) is 61.5 Å². The third-order valence-electron chi connectivity index (χ3n) is 4.24. The van der Waals surface area contributed by atoms with E-state index in [-0.39, 0.29) is 18.3 Å². The van der Waals surface area contributed by atoms with Crippen LogP contribution in [0.25, 0.3) is 0 Å². The molecule has 0 radical (unpaired) electrons. The van der Waals surface area contributed by atoms with Crippen LogP contribution in [0.2, 0.25) is 5.02 Å². The van der Waals surface area contributed by atoms with Gasteiger partial charge in [0, 0.05) is 23.7 Å². The molecule has 1 rings (SSSR count). The number of rotatable bonds is 11. The average molecular weight is 369 g/mol. The number of amides is 1. The first-order chi connectivity index (χ1) is 12.0. The highest BCUT2D eigenvalue weighted by Crippen LogP contribution is 2.13. The van der Waals surface area contributed by atoms with Crippen molar-refractivity contribution in [2.75, 3.05) is 39.8 Å². The highest BCUT2D eigenvalue weighted by atomic mass is 35.5. The van der Waals surface area contributed by atoms with Crippen LogP contribution >= 0.6 is 11.6 Å². The van der Waals surface area contributed by atoms with E-state index in [0.29, 0.717) is 23.7 Å². The van der Waals surface area contributed by atoms with E-state index in [1.54, 1.807) is 29.2 Å². The van der Waals surface area contributed by atoms with Gasteiger partial charge in [0.25, 0.3) is 5.91 Å². The van der Waals surface area contributed by atoms with Gasteiger partial charge in [-0.15, -0.1) is 0 Å². The second kappa shape index (κ2) is 11.9. The molecule has 0 unspecified atom stereocenters. The third-order valence-corrected chi connectivity index (χ3v) is 4.49. The lowest BCUT2D eigenvalue weighted by Gasteiger charge is -2.23. The maximum atomic E-state index is 12.7. The first kappa shape index (κ1) is 21.5. The zero-order valence-electron chi connectivity index (χ0n) is 15.5. The molecule has 0 saturated heterocycles. The van der Waals surface area contributed by atoms with Gasteiger partial charge in [-0.1, -0.05) is 25.4 Å². The molecule has 1 aromatic carbocycles. The summed E-state index contributed by atoms with van der Waals surface area (Å²) in [5, 5.41) is 0.594. The summed E-state index contributed by atoms with van der Waals surface area (Å²) in [7, 11) is 1.36. The summed E-state index contributed by atoms with van der Waals surface area (Å²) in [4.78, 5) is 28.2. The van der Waals surface area contributed by atoms with E-state index in [0.717, 1.165) is 32.5 Å². The minimum Gasteiger partial charge on any atom is -0.469 e. The smallest absolute Gasteiger partial charge is 0.307 e. The van der Waals surface area contributed by atoms with Crippen LogP contribution in [0, 0.1) is 0 Å². The van der Waals surface area contributed by atoms with Gasteiger partial charge in [0.05, 0.1) is 13.5 Å². The molecule has 0 aliphatic carbocycles. The summed E-state index contributed by atoms with van der Waals surface area (Å²) < 4.78 is 4.69. The predicted molar refractivity (Wildman–Crippen MR) is 101 cm³/mol. The fourth-order valence-corrected chi connectivity index (χ4v) is 2.72. The van der Waals surface area contributed by atoms with Gasteiger partial charge in [-0.05, 0) is 56.7 Å². The van der Waals surface area contributed by atoms with Crippen molar-refractivity contribution in [2.24, 2.45) is 0 Å². The Morgan fingerprint density at radius 2 is 1.60 bits per heavy atom. The van der Waals surface area contributed by atoms with Crippen molar-refractivity contribution in [1.29, 1.82) is 0 Å². The van der Waals surface area contributed by atoms with Gasteiger partial charge in [0.15, 0.2) is 0 Å². The molecule has 0 bridgehead atoms. The molecule has 1 amide bonds. The molecular formula is C19H29ClN2O3. The number of hydrogen-bond donors (Lipinski definition) is 0. The SMILES string of the molecule is CCN(CC)CCCCN(CCC(=O)OC)C(=O)c1ccc(Cl)cc1. The molecule has 0 aliphatic heterocycles. The zero-order chi connectivity index (χ0) is 18.7. The number of ether oxygens (including phenoxy) is 1. The molecule has 6 heteroatoms. The van der Waals surface area contributed by atoms with Gasteiger partial charge in [0.2, 0.25) is 0 Å². The Labute approximate surface area is 155 Å². The number of unbranched alkanes of at least 4 members (excludes halogenated alkanes) is 1. The summed E-state index contributed by atoms with van der Waals surface area (Å²) in [5.41, 5.74) is 0.581. The summed E-state index contributed by atoms with van der Waals surface area (Å²) in [6.45, 7) is 8.37. The molecular weight excluding hydrogens is 340 g/mol. The standard InChI is InChI=1S/C19H29ClN2O3/c1-4-21(5-2)13-6-7-14-22(15-12-18(23)25-3)19(24)16-8-10-17(20)11-9-16/h8-11H,4-7,12-15H2,1-3H3. The van der Waals surface area contributed by atoms with E-state index in [1.165, 1.54) is 7.11 Å². The minimum atomic E-state index is -0.308. The molecule has 0 spiro atoms. The van der Waals surface area contributed by atoms with E-state index in [4.69, 9.17) is 11.6 Å². The molecule has 0 aliphatic rings. The van der Waals surface area contributed by atoms with Crippen molar-refractivity contribution in [3.8, 4) is 0 Å². The van der Waals surface area contributed by atoms with Crippen molar-refractivity contribution in [3.63, 3.8) is 0 Å². The maximum absolute atomic E-state index is 12.7. The number of benzene rings is 1. The molecule has 0 fully saturated rings. The molecule has 0 saturated carbocycles. The van der Waals surface area contributed by atoms with Crippen molar-refractivity contribution in [3.05, 3.63) is 34.9 Å². The summed E-state index contributed by atoms with van der Waals surface area (Å²) in [6, 6.07) is 6.83. The molecule has 5 nitrogen and oxygen atoms in total. The molecule has 1 aromatic rings. The third kappa shape index (κ3) is 7.88. The second-order valence-electron chi connectivity index (χ2n) is 5.86. The predicted octanol–water partition coefficient (Wildman–Crippen LogP) is 3.47. The quantitative estimate of drug-likeness (QED) is 0.443. The summed E-state index contributed by atoms with van der Waals surface area (Å²) in [5.74, 6) is -0.388. The minimum absolute atomic E-state index is 0.0802. The summed E-state index contributed by atoms with van der Waals surface area (Å²) >= 11 is 5.89. The number of esters is 1. The Morgan fingerprint density at radius 3 is 2.16 bits per heavy atom. The highest BCUT2D eigenvalue weighted by molar-refractivity contribution is 6.30. The maximum Gasteiger partial charge on any atom is 0.307 e. The number of methoxy groups -OCH3 is 1. The van der Waals surface area contributed by atoms with Crippen LogP contribution < -0.4 is 0 Å². The molecule has 0 atom stereocenters. The van der Waals surface area contributed by atoms with Crippen LogP contribution in [0.5, 0.6) is 0 Å². The lowest BCUT2D eigenvalue weighted by Crippen LogP contribution is -2.34. The Bertz CT molecular complexity index is 530.